The lowest BCUT2D eigenvalue weighted by atomic mass is 9.96. The second-order valence-electron chi connectivity index (χ2n) is 7.21. The minimum Gasteiger partial charge on any atom is -0.453 e. The number of carbonyl (C=O) groups is 2. The Balaban J connectivity index is 1.50. The molecule has 1 aromatic heterocycles. The van der Waals surface area contributed by atoms with Gasteiger partial charge in [-0.3, -0.25) is 4.79 Å². The molecular weight excluding hydrogens is 420 g/mol. The molecule has 29 heavy (non-hydrogen) atoms. The highest BCUT2D eigenvalue weighted by atomic mass is 35.5. The van der Waals surface area contributed by atoms with Crippen LogP contribution in [0.5, 0.6) is 0 Å². The summed E-state index contributed by atoms with van der Waals surface area (Å²) in [4.78, 5) is 29.6. The van der Waals surface area contributed by atoms with Crippen LogP contribution in [0.25, 0.3) is 0 Å². The van der Waals surface area contributed by atoms with Crippen LogP contribution in [-0.4, -0.2) is 73.9 Å². The number of halogens is 1. The van der Waals surface area contributed by atoms with Crippen LogP contribution in [0.2, 0.25) is 5.15 Å². The molecule has 2 aliphatic rings. The van der Waals surface area contributed by atoms with E-state index in [1.807, 2.05) is 0 Å². The number of carbonyl (C=O) groups excluding carboxylic acids is 2. The zero-order valence-electron chi connectivity index (χ0n) is 16.2. The molecule has 2 aliphatic heterocycles. The van der Waals surface area contributed by atoms with Crippen molar-refractivity contribution < 1.29 is 22.7 Å². The molecule has 9 nitrogen and oxygen atoms in total. The third-order valence-electron chi connectivity index (χ3n) is 5.44. The Morgan fingerprint density at radius 3 is 2.41 bits per heavy atom. The summed E-state index contributed by atoms with van der Waals surface area (Å²) in [5.41, 5.74) is 0. The van der Waals surface area contributed by atoms with E-state index in [2.05, 4.69) is 10.3 Å². The summed E-state index contributed by atoms with van der Waals surface area (Å²) in [6, 6.07) is 2.98. The van der Waals surface area contributed by atoms with Crippen molar-refractivity contribution in [2.45, 2.75) is 36.6 Å². The Hall–Kier alpha value is -1.91. The molecule has 0 atom stereocenters. The van der Waals surface area contributed by atoms with Crippen molar-refractivity contribution in [2.75, 3.05) is 33.3 Å². The van der Waals surface area contributed by atoms with Gasteiger partial charge in [0.15, 0.2) is 0 Å². The Morgan fingerprint density at radius 2 is 1.83 bits per heavy atom. The minimum absolute atomic E-state index is 0.0121. The number of nitrogens with one attached hydrogen (secondary N) is 1. The van der Waals surface area contributed by atoms with Gasteiger partial charge in [0.2, 0.25) is 15.9 Å². The standard InChI is InChI=1S/C18H25ClN4O5S/c1-28-18(25)22-9-6-14(7-10-22)21-17(24)13-4-11-23(12-5-13)29(26,27)15-3-2-8-20-16(15)19/h2-3,8,13-14H,4-7,9-12H2,1H3,(H,21,24). The fourth-order valence-electron chi connectivity index (χ4n) is 3.72. The van der Waals surface area contributed by atoms with Crippen molar-refractivity contribution in [3.63, 3.8) is 0 Å². The van der Waals surface area contributed by atoms with E-state index in [4.69, 9.17) is 16.3 Å². The maximum absolute atomic E-state index is 12.8. The highest BCUT2D eigenvalue weighted by Crippen LogP contribution is 2.27. The van der Waals surface area contributed by atoms with E-state index in [0.29, 0.717) is 38.8 Å². The van der Waals surface area contributed by atoms with E-state index in [-0.39, 0.29) is 47.1 Å². The first-order valence-electron chi connectivity index (χ1n) is 9.57. The lowest BCUT2D eigenvalue weighted by Crippen LogP contribution is -2.49. The van der Waals surface area contributed by atoms with Gasteiger partial charge in [0.25, 0.3) is 0 Å². The van der Waals surface area contributed by atoms with Gasteiger partial charge in [-0.25, -0.2) is 18.2 Å². The van der Waals surface area contributed by atoms with Crippen LogP contribution in [-0.2, 0) is 19.6 Å². The first-order valence-corrected chi connectivity index (χ1v) is 11.4. The molecule has 0 radical (unpaired) electrons. The van der Waals surface area contributed by atoms with Crippen LogP contribution in [0.3, 0.4) is 0 Å². The summed E-state index contributed by atoms with van der Waals surface area (Å²) in [5.74, 6) is -0.289. The van der Waals surface area contributed by atoms with Gasteiger partial charge in [-0.1, -0.05) is 11.6 Å². The van der Waals surface area contributed by atoms with Crippen LogP contribution >= 0.6 is 11.6 Å². The number of aromatic nitrogens is 1. The summed E-state index contributed by atoms with van der Waals surface area (Å²) in [7, 11) is -2.38. The van der Waals surface area contributed by atoms with Crippen LogP contribution in [0.1, 0.15) is 25.7 Å². The smallest absolute Gasteiger partial charge is 0.409 e. The molecule has 1 N–H and O–H groups in total. The molecule has 0 spiro atoms. The van der Waals surface area contributed by atoms with Crippen molar-refractivity contribution in [1.82, 2.24) is 19.5 Å². The molecule has 160 valence electrons. The van der Waals surface area contributed by atoms with Gasteiger partial charge < -0.3 is 15.0 Å². The van der Waals surface area contributed by atoms with E-state index >= 15 is 0 Å². The molecule has 0 saturated carbocycles. The molecule has 0 unspecified atom stereocenters. The Labute approximate surface area is 175 Å². The molecule has 0 bridgehead atoms. The van der Waals surface area contributed by atoms with Crippen molar-refractivity contribution in [2.24, 2.45) is 5.92 Å². The number of piperidine rings is 2. The van der Waals surface area contributed by atoms with Gasteiger partial charge in [-0.05, 0) is 37.8 Å². The highest BCUT2D eigenvalue weighted by molar-refractivity contribution is 7.89. The van der Waals surface area contributed by atoms with Crippen LogP contribution in [0.4, 0.5) is 4.79 Å². The number of ether oxygens (including phenoxy) is 1. The summed E-state index contributed by atoms with van der Waals surface area (Å²) in [5, 5.41) is 2.99. The van der Waals surface area contributed by atoms with E-state index < -0.39 is 10.0 Å². The van der Waals surface area contributed by atoms with Crippen molar-refractivity contribution in [3.8, 4) is 0 Å². The van der Waals surface area contributed by atoms with Crippen LogP contribution in [0, 0.1) is 5.92 Å². The van der Waals surface area contributed by atoms with Crippen molar-refractivity contribution in [1.29, 1.82) is 0 Å². The van der Waals surface area contributed by atoms with E-state index in [0.717, 1.165) is 0 Å². The summed E-state index contributed by atoms with van der Waals surface area (Å²) in [6.45, 7) is 1.60. The summed E-state index contributed by atoms with van der Waals surface area (Å²) >= 11 is 5.94. The zero-order chi connectivity index (χ0) is 21.0. The van der Waals surface area contributed by atoms with Gasteiger partial charge in [0.1, 0.15) is 10.0 Å². The number of likely N-dealkylation sites (tertiary alicyclic amines) is 1. The Morgan fingerprint density at radius 1 is 1.17 bits per heavy atom. The fourth-order valence-corrected chi connectivity index (χ4v) is 5.61. The second-order valence-corrected chi connectivity index (χ2v) is 9.48. The van der Waals surface area contributed by atoms with E-state index in [9.17, 15) is 18.0 Å². The normalized spacial score (nSPS) is 19.7. The van der Waals surface area contributed by atoms with Gasteiger partial charge in [0.05, 0.1) is 7.11 Å². The average Bonchev–Trinajstić information content (AvgIpc) is 2.74. The van der Waals surface area contributed by atoms with Crippen molar-refractivity contribution in [3.05, 3.63) is 23.5 Å². The topological polar surface area (TPSA) is 109 Å². The molecular formula is C18H25ClN4O5S. The van der Waals surface area contributed by atoms with E-state index in [1.54, 1.807) is 4.90 Å². The van der Waals surface area contributed by atoms with Gasteiger partial charge >= 0.3 is 6.09 Å². The minimum atomic E-state index is -3.73. The SMILES string of the molecule is COC(=O)N1CCC(NC(=O)C2CCN(S(=O)(=O)c3cccnc3Cl)CC2)CC1. The number of amides is 2. The summed E-state index contributed by atoms with van der Waals surface area (Å²) in [6.07, 6.45) is 3.33. The number of rotatable bonds is 4. The highest BCUT2D eigenvalue weighted by Gasteiger charge is 2.34. The Kier molecular flexibility index (Phi) is 6.97. The molecule has 2 fully saturated rings. The lowest BCUT2D eigenvalue weighted by molar-refractivity contribution is -0.127. The van der Waals surface area contributed by atoms with Gasteiger partial charge in [0, 0.05) is 44.3 Å². The third-order valence-corrected chi connectivity index (χ3v) is 7.79. The van der Waals surface area contributed by atoms with Gasteiger partial charge in [-0.15, -0.1) is 0 Å². The maximum atomic E-state index is 12.8. The van der Waals surface area contributed by atoms with Crippen LogP contribution in [0.15, 0.2) is 23.2 Å². The molecule has 0 aliphatic carbocycles. The number of pyridine rings is 1. The third kappa shape index (κ3) is 4.99. The second kappa shape index (κ2) is 9.27. The maximum Gasteiger partial charge on any atom is 0.409 e. The quantitative estimate of drug-likeness (QED) is 0.704. The predicted molar refractivity (Wildman–Crippen MR) is 106 cm³/mol. The number of hydrogen-bond acceptors (Lipinski definition) is 6. The largest absolute Gasteiger partial charge is 0.453 e. The Bertz CT molecular complexity index is 850. The number of sulfonamides is 1. The lowest BCUT2D eigenvalue weighted by Gasteiger charge is -2.34. The molecule has 11 heteroatoms. The first kappa shape index (κ1) is 21.8. The molecule has 3 rings (SSSR count). The average molecular weight is 445 g/mol. The monoisotopic (exact) mass is 444 g/mol. The van der Waals surface area contributed by atoms with E-state index in [1.165, 1.54) is 29.7 Å². The molecule has 3 heterocycles. The number of hydrogen-bond donors (Lipinski definition) is 1. The molecule has 2 saturated heterocycles. The summed E-state index contributed by atoms with van der Waals surface area (Å²) < 4.78 is 31.6. The first-order chi connectivity index (χ1) is 13.8. The number of nitrogens with zero attached hydrogens (tertiary/aromatic N) is 3. The van der Waals surface area contributed by atoms with Gasteiger partial charge in [-0.2, -0.15) is 4.31 Å². The van der Waals surface area contributed by atoms with Crippen LogP contribution < -0.4 is 5.32 Å². The zero-order valence-corrected chi connectivity index (χ0v) is 17.8. The predicted octanol–water partition coefficient (Wildman–Crippen LogP) is 1.48. The molecule has 0 aromatic carbocycles. The molecule has 1 aromatic rings. The van der Waals surface area contributed by atoms with Crippen molar-refractivity contribution >= 4 is 33.6 Å². The number of methoxy groups -OCH3 is 1. The molecule has 2 amide bonds. The fraction of sp³-hybridized carbons (Fsp3) is 0.611.